The molecule has 0 radical (unpaired) electrons. The molecular formula is C10H18N5O5P. The van der Waals surface area contributed by atoms with Crippen LogP contribution >= 0.6 is 7.60 Å². The second kappa shape index (κ2) is 7.30. The molecule has 5 N–H and O–H groups in total. The Morgan fingerprint density at radius 2 is 2.10 bits per heavy atom. The third-order valence-corrected chi connectivity index (χ3v) is 3.51. The zero-order valence-electron chi connectivity index (χ0n) is 11.5. The highest BCUT2D eigenvalue weighted by Gasteiger charge is 2.28. The molecule has 0 aromatic heterocycles. The van der Waals surface area contributed by atoms with Crippen LogP contribution in [0.3, 0.4) is 0 Å². The lowest BCUT2D eigenvalue weighted by Crippen LogP contribution is -2.52. The van der Waals surface area contributed by atoms with Crippen LogP contribution in [0.1, 0.15) is 19.8 Å². The maximum absolute atomic E-state index is 11.6. The van der Waals surface area contributed by atoms with E-state index in [1.54, 1.807) is 0 Å². The van der Waals surface area contributed by atoms with Crippen molar-refractivity contribution >= 4 is 31.0 Å². The van der Waals surface area contributed by atoms with Gasteiger partial charge in [-0.1, -0.05) is 18.5 Å². The number of aliphatic imine (C=N–C) groups is 1. The molecule has 0 spiro atoms. The number of unbranched alkanes of at least 4 members (excludes halogenated alkanes) is 1. The van der Waals surface area contributed by atoms with E-state index in [2.05, 4.69) is 15.5 Å². The first-order valence-corrected chi connectivity index (χ1v) is 8.08. The van der Waals surface area contributed by atoms with Gasteiger partial charge in [-0.2, -0.15) is 4.99 Å². The number of amides is 1. The number of carbonyl (C=O) groups excluding carboxylic acids is 1. The van der Waals surface area contributed by atoms with Crippen molar-refractivity contribution in [3.05, 3.63) is 0 Å². The topological polar surface area (TPSA) is 159 Å². The third kappa shape index (κ3) is 5.25. The summed E-state index contributed by atoms with van der Waals surface area (Å²) in [5.41, 5.74) is -0.510. The third-order valence-electron chi connectivity index (χ3n) is 2.72. The highest BCUT2D eigenvalue weighted by molar-refractivity contribution is 7.51. The van der Waals surface area contributed by atoms with E-state index in [9.17, 15) is 9.36 Å². The molecule has 0 saturated heterocycles. The van der Waals surface area contributed by atoms with Crippen LogP contribution < -0.4 is 5.32 Å². The van der Waals surface area contributed by atoms with Crippen LogP contribution in [0.15, 0.2) is 10.1 Å². The summed E-state index contributed by atoms with van der Waals surface area (Å²) in [6, 6.07) is 0. The summed E-state index contributed by atoms with van der Waals surface area (Å²) in [5.74, 6) is -1.27. The van der Waals surface area contributed by atoms with Gasteiger partial charge in [-0.25, -0.2) is 0 Å². The second-order valence-corrected chi connectivity index (χ2v) is 6.19. The number of rotatable bonds is 6. The quantitative estimate of drug-likeness (QED) is 0.253. The fraction of sp³-hybridized carbons (Fsp3) is 0.600. The first-order valence-electron chi connectivity index (χ1n) is 6.29. The zero-order valence-corrected chi connectivity index (χ0v) is 12.4. The van der Waals surface area contributed by atoms with Gasteiger partial charge in [-0.3, -0.25) is 20.1 Å². The van der Waals surface area contributed by atoms with Crippen LogP contribution in [0, 0.1) is 5.41 Å². The van der Waals surface area contributed by atoms with Crippen LogP contribution in [0.5, 0.6) is 0 Å². The van der Waals surface area contributed by atoms with Crippen molar-refractivity contribution in [1.82, 2.24) is 10.2 Å². The van der Waals surface area contributed by atoms with Gasteiger partial charge in [-0.15, -0.1) is 0 Å². The number of guanidine groups is 1. The smallest absolute Gasteiger partial charge is 0.327 e. The lowest BCUT2D eigenvalue weighted by atomic mass is 10.2. The van der Waals surface area contributed by atoms with Crippen LogP contribution in [0.25, 0.3) is 0 Å². The number of nitrogens with zero attached hydrogens (tertiary/aromatic N) is 3. The highest BCUT2D eigenvalue weighted by Crippen LogP contribution is 2.33. The van der Waals surface area contributed by atoms with Crippen molar-refractivity contribution in [3.8, 4) is 0 Å². The van der Waals surface area contributed by atoms with Crippen molar-refractivity contribution < 1.29 is 24.4 Å². The molecule has 0 atom stereocenters. The fourth-order valence-corrected chi connectivity index (χ4v) is 2.12. The first kappa shape index (κ1) is 17.3. The molecule has 0 aromatic carbocycles. The number of hydrogen-bond donors (Lipinski definition) is 5. The van der Waals surface area contributed by atoms with E-state index in [0.717, 1.165) is 12.8 Å². The lowest BCUT2D eigenvalue weighted by Gasteiger charge is -2.28. The molecule has 0 aromatic rings. The van der Waals surface area contributed by atoms with Crippen molar-refractivity contribution in [2.75, 3.05) is 19.3 Å². The largest absolute Gasteiger partial charge is 0.410 e. The summed E-state index contributed by atoms with van der Waals surface area (Å²) < 4.78 is 11.0. The minimum absolute atomic E-state index is 0.0116. The van der Waals surface area contributed by atoms with Crippen molar-refractivity contribution in [2.45, 2.75) is 19.8 Å². The Kier molecular flexibility index (Phi) is 6.01. The van der Waals surface area contributed by atoms with Crippen LogP contribution in [0.2, 0.25) is 0 Å². The SMILES string of the molecule is CCCCN(CCP(=O)(O)O)C1=NC(=N)/C(=N\O)C(=O)N1. The van der Waals surface area contributed by atoms with Gasteiger partial charge in [0.2, 0.25) is 11.7 Å². The second-order valence-electron chi connectivity index (χ2n) is 4.42. The molecule has 11 heteroatoms. The van der Waals surface area contributed by atoms with Gasteiger partial charge in [-0.05, 0) is 6.42 Å². The summed E-state index contributed by atoms with van der Waals surface area (Å²) in [6.45, 7) is 2.36. The van der Waals surface area contributed by atoms with Gasteiger partial charge in [0.05, 0.1) is 6.16 Å². The number of carbonyl (C=O) groups is 1. The first-order chi connectivity index (χ1) is 9.78. The summed E-state index contributed by atoms with van der Waals surface area (Å²) in [4.78, 5) is 34.8. The Morgan fingerprint density at radius 1 is 1.43 bits per heavy atom. The Balaban J connectivity index is 2.90. The van der Waals surface area contributed by atoms with E-state index in [0.29, 0.717) is 6.54 Å². The van der Waals surface area contributed by atoms with E-state index in [1.165, 1.54) is 4.90 Å². The maximum atomic E-state index is 11.6. The molecule has 118 valence electrons. The Morgan fingerprint density at radius 3 is 2.57 bits per heavy atom. The Labute approximate surface area is 121 Å². The normalized spacial score (nSPS) is 17.7. The van der Waals surface area contributed by atoms with E-state index in [1.807, 2.05) is 6.92 Å². The van der Waals surface area contributed by atoms with Gasteiger partial charge in [0.1, 0.15) is 0 Å². The predicted molar refractivity (Wildman–Crippen MR) is 75.9 cm³/mol. The molecule has 0 bridgehead atoms. The molecule has 0 fully saturated rings. The molecule has 1 amide bonds. The molecule has 0 unspecified atom stereocenters. The van der Waals surface area contributed by atoms with Gasteiger partial charge in [0, 0.05) is 13.1 Å². The fourth-order valence-electron chi connectivity index (χ4n) is 1.62. The standard InChI is InChI=1S/C10H18N5O5P/c1-2-3-4-15(5-6-21(18,19)20)10-12-8(11)7(14-17)9(16)13-10/h17H,2-6H2,1H3,(H2,18,19,20)(H2,11,12,13,16)/b14-7+. The maximum Gasteiger partial charge on any atom is 0.327 e. The van der Waals surface area contributed by atoms with Crippen LogP contribution in [0.4, 0.5) is 0 Å². The Bertz CT molecular complexity index is 526. The molecule has 21 heavy (non-hydrogen) atoms. The summed E-state index contributed by atoms with van der Waals surface area (Å²) >= 11 is 0. The Hall–Kier alpha value is -1.77. The molecular weight excluding hydrogens is 301 g/mol. The van der Waals surface area contributed by atoms with Crippen molar-refractivity contribution in [1.29, 1.82) is 5.41 Å². The summed E-state index contributed by atoms with van der Waals surface area (Å²) in [6.07, 6.45) is 1.18. The van der Waals surface area contributed by atoms with E-state index >= 15 is 0 Å². The molecule has 1 heterocycles. The molecule has 0 saturated carbocycles. The van der Waals surface area contributed by atoms with Gasteiger partial charge >= 0.3 is 7.60 Å². The predicted octanol–water partition coefficient (Wildman–Crippen LogP) is -0.441. The van der Waals surface area contributed by atoms with Gasteiger partial charge in [0.15, 0.2) is 5.84 Å². The molecule has 1 aliphatic heterocycles. The van der Waals surface area contributed by atoms with Crippen molar-refractivity contribution in [3.63, 3.8) is 0 Å². The van der Waals surface area contributed by atoms with Crippen molar-refractivity contribution in [2.24, 2.45) is 10.1 Å². The average molecular weight is 319 g/mol. The summed E-state index contributed by atoms with van der Waals surface area (Å²) in [7, 11) is -4.18. The number of nitrogens with one attached hydrogen (secondary N) is 2. The van der Waals surface area contributed by atoms with E-state index in [-0.39, 0.29) is 18.7 Å². The number of amidine groups is 1. The molecule has 0 aliphatic carbocycles. The summed E-state index contributed by atoms with van der Waals surface area (Å²) in [5, 5.41) is 21.1. The monoisotopic (exact) mass is 319 g/mol. The molecule has 1 rings (SSSR count). The van der Waals surface area contributed by atoms with E-state index < -0.39 is 25.1 Å². The lowest BCUT2D eigenvalue weighted by molar-refractivity contribution is -0.113. The zero-order chi connectivity index (χ0) is 16.0. The highest BCUT2D eigenvalue weighted by atomic mass is 31.2. The average Bonchev–Trinajstić information content (AvgIpc) is 2.37. The number of hydrogen-bond acceptors (Lipinski definition) is 6. The molecule has 10 nitrogen and oxygen atoms in total. The minimum atomic E-state index is -4.18. The van der Waals surface area contributed by atoms with Crippen LogP contribution in [-0.4, -0.2) is 62.6 Å². The van der Waals surface area contributed by atoms with E-state index in [4.69, 9.17) is 20.4 Å². The van der Waals surface area contributed by atoms with Gasteiger partial charge in [0.25, 0.3) is 5.91 Å². The van der Waals surface area contributed by atoms with Crippen LogP contribution in [-0.2, 0) is 9.36 Å². The minimum Gasteiger partial charge on any atom is -0.410 e. The molecule has 1 aliphatic rings. The number of oxime groups is 1. The van der Waals surface area contributed by atoms with Gasteiger partial charge < -0.3 is 19.9 Å².